The first kappa shape index (κ1) is 14.3. The highest BCUT2D eigenvalue weighted by Gasteiger charge is 2.40. The second kappa shape index (κ2) is 4.49. The smallest absolute Gasteiger partial charge is 0.408 e. The number of benzene rings is 1. The van der Waals surface area contributed by atoms with Crippen LogP contribution in [-0.4, -0.2) is 16.4 Å². The molecule has 1 aromatic heterocycles. The van der Waals surface area contributed by atoms with Gasteiger partial charge in [-0.15, -0.1) is 0 Å². The molecule has 0 saturated carbocycles. The third-order valence-corrected chi connectivity index (χ3v) is 3.86. The van der Waals surface area contributed by atoms with Gasteiger partial charge in [0.1, 0.15) is 0 Å². The second-order valence-corrected chi connectivity index (χ2v) is 6.03. The summed E-state index contributed by atoms with van der Waals surface area (Å²) in [6, 6.07) is 4.96. The minimum absolute atomic E-state index is 0.185. The van der Waals surface area contributed by atoms with Crippen LogP contribution in [0, 0.1) is 5.41 Å². The molecule has 0 aliphatic heterocycles. The Morgan fingerprint density at radius 2 is 1.95 bits per heavy atom. The summed E-state index contributed by atoms with van der Waals surface area (Å²) in [5.41, 5.74) is 6.20. The molecule has 0 atom stereocenters. The van der Waals surface area contributed by atoms with E-state index in [0.29, 0.717) is 16.8 Å². The summed E-state index contributed by atoms with van der Waals surface area (Å²) in [5, 5.41) is 2.81. The fourth-order valence-corrected chi connectivity index (χ4v) is 1.61. The minimum atomic E-state index is -0.744. The number of amides is 1. The van der Waals surface area contributed by atoms with Crippen molar-refractivity contribution in [2.45, 2.75) is 33.2 Å². The fourth-order valence-electron chi connectivity index (χ4n) is 1.61. The van der Waals surface area contributed by atoms with Crippen molar-refractivity contribution >= 4 is 22.7 Å². The molecule has 20 heavy (non-hydrogen) atoms. The molecule has 0 aliphatic rings. The van der Waals surface area contributed by atoms with Crippen LogP contribution in [-0.2, 0) is 4.79 Å². The van der Waals surface area contributed by atoms with Gasteiger partial charge in [0, 0.05) is 11.2 Å². The Labute approximate surface area is 116 Å². The van der Waals surface area contributed by atoms with E-state index >= 15 is 0 Å². The average molecular weight is 277 g/mol. The lowest BCUT2D eigenvalue weighted by atomic mass is 9.74. The van der Waals surface area contributed by atoms with Crippen LogP contribution in [0.2, 0.25) is 0 Å². The predicted octanol–water partition coefficient (Wildman–Crippen LogP) is 1.82. The Morgan fingerprint density at radius 1 is 1.30 bits per heavy atom. The third-order valence-electron chi connectivity index (χ3n) is 3.86. The molecule has 6 nitrogen and oxygen atoms in total. The van der Waals surface area contributed by atoms with Crippen molar-refractivity contribution in [3.8, 4) is 0 Å². The van der Waals surface area contributed by atoms with Gasteiger partial charge < -0.3 is 15.5 Å². The number of carbonyl (C=O) groups is 1. The standard InChI is InChI=1S/C14H19N3O3/c1-13(2,14(3,4)15)11(18)16-8-5-6-10-9(7-8)17-12(19)20-10/h5-7H,15H2,1-4H3,(H,16,18)(H,17,19). The number of H-pyrrole nitrogens is 1. The molecular formula is C14H19N3O3. The maximum absolute atomic E-state index is 12.3. The van der Waals surface area contributed by atoms with Crippen LogP contribution in [0.1, 0.15) is 27.7 Å². The van der Waals surface area contributed by atoms with E-state index in [-0.39, 0.29) is 5.91 Å². The fraction of sp³-hybridized carbons (Fsp3) is 0.429. The lowest BCUT2D eigenvalue weighted by molar-refractivity contribution is -0.126. The molecule has 0 unspecified atom stereocenters. The summed E-state index contributed by atoms with van der Waals surface area (Å²) in [5.74, 6) is -0.706. The van der Waals surface area contributed by atoms with Crippen LogP contribution in [0.5, 0.6) is 0 Å². The topological polar surface area (TPSA) is 101 Å². The van der Waals surface area contributed by atoms with Crippen LogP contribution < -0.4 is 16.8 Å². The highest BCUT2D eigenvalue weighted by Crippen LogP contribution is 2.30. The van der Waals surface area contributed by atoms with Gasteiger partial charge in [-0.1, -0.05) is 0 Å². The quantitative estimate of drug-likeness (QED) is 0.796. The first-order valence-electron chi connectivity index (χ1n) is 6.34. The number of anilines is 1. The Kier molecular flexibility index (Phi) is 3.21. The van der Waals surface area contributed by atoms with Gasteiger partial charge in [0.05, 0.1) is 10.9 Å². The zero-order valence-corrected chi connectivity index (χ0v) is 12.0. The van der Waals surface area contributed by atoms with Gasteiger partial charge in [-0.2, -0.15) is 0 Å². The van der Waals surface area contributed by atoms with E-state index < -0.39 is 16.7 Å². The van der Waals surface area contributed by atoms with Crippen molar-refractivity contribution in [3.05, 3.63) is 28.7 Å². The van der Waals surface area contributed by atoms with E-state index in [9.17, 15) is 9.59 Å². The molecule has 1 amide bonds. The zero-order valence-electron chi connectivity index (χ0n) is 12.0. The number of aromatic nitrogens is 1. The summed E-state index contributed by atoms with van der Waals surface area (Å²) in [6.07, 6.45) is 0. The summed E-state index contributed by atoms with van der Waals surface area (Å²) >= 11 is 0. The van der Waals surface area contributed by atoms with Crippen molar-refractivity contribution in [2.24, 2.45) is 11.1 Å². The molecule has 0 radical (unpaired) electrons. The van der Waals surface area contributed by atoms with Crippen molar-refractivity contribution in [2.75, 3.05) is 5.32 Å². The van der Waals surface area contributed by atoms with Crippen molar-refractivity contribution in [3.63, 3.8) is 0 Å². The molecule has 0 aliphatic carbocycles. The largest absolute Gasteiger partial charge is 0.417 e. The Hall–Kier alpha value is -2.08. The first-order valence-corrected chi connectivity index (χ1v) is 6.34. The summed E-state index contributed by atoms with van der Waals surface area (Å²) in [6.45, 7) is 7.20. The second-order valence-electron chi connectivity index (χ2n) is 6.03. The molecule has 1 aromatic carbocycles. The normalized spacial score (nSPS) is 12.7. The van der Waals surface area contributed by atoms with Crippen LogP contribution >= 0.6 is 0 Å². The van der Waals surface area contributed by atoms with Crippen LogP contribution in [0.15, 0.2) is 27.4 Å². The molecular weight excluding hydrogens is 258 g/mol. The van der Waals surface area contributed by atoms with Crippen LogP contribution in [0.4, 0.5) is 5.69 Å². The lowest BCUT2D eigenvalue weighted by Gasteiger charge is -2.36. The number of fused-ring (bicyclic) bond motifs is 1. The third kappa shape index (κ3) is 2.46. The summed E-state index contributed by atoms with van der Waals surface area (Å²) < 4.78 is 4.91. The van der Waals surface area contributed by atoms with Crippen molar-refractivity contribution in [1.82, 2.24) is 4.98 Å². The van der Waals surface area contributed by atoms with Gasteiger partial charge in [-0.25, -0.2) is 4.79 Å². The maximum Gasteiger partial charge on any atom is 0.417 e. The van der Waals surface area contributed by atoms with Gasteiger partial charge in [-0.05, 0) is 45.9 Å². The molecule has 0 saturated heterocycles. The van der Waals surface area contributed by atoms with Crippen molar-refractivity contribution in [1.29, 1.82) is 0 Å². The monoisotopic (exact) mass is 277 g/mol. The minimum Gasteiger partial charge on any atom is -0.408 e. The Morgan fingerprint density at radius 3 is 2.55 bits per heavy atom. The van der Waals surface area contributed by atoms with E-state index in [1.807, 2.05) is 13.8 Å². The van der Waals surface area contributed by atoms with Crippen LogP contribution in [0.25, 0.3) is 11.1 Å². The molecule has 1 heterocycles. The van der Waals surface area contributed by atoms with E-state index in [0.717, 1.165) is 0 Å². The molecule has 4 N–H and O–H groups in total. The zero-order chi connectivity index (χ0) is 15.1. The van der Waals surface area contributed by atoms with Gasteiger partial charge >= 0.3 is 5.76 Å². The lowest BCUT2D eigenvalue weighted by Crippen LogP contribution is -2.53. The van der Waals surface area contributed by atoms with Gasteiger partial charge in [-0.3, -0.25) is 9.78 Å². The van der Waals surface area contributed by atoms with Gasteiger partial charge in [0.2, 0.25) is 5.91 Å². The number of nitrogens with two attached hydrogens (primary N) is 1. The van der Waals surface area contributed by atoms with Crippen molar-refractivity contribution < 1.29 is 9.21 Å². The molecule has 0 fully saturated rings. The number of hydrogen-bond donors (Lipinski definition) is 3. The molecule has 2 aromatic rings. The van der Waals surface area contributed by atoms with E-state index in [4.69, 9.17) is 10.2 Å². The summed E-state index contributed by atoms with van der Waals surface area (Å²) in [4.78, 5) is 26.0. The number of carbonyl (C=O) groups excluding carboxylic acids is 1. The van der Waals surface area contributed by atoms with Gasteiger partial charge in [0.25, 0.3) is 0 Å². The number of hydrogen-bond acceptors (Lipinski definition) is 4. The number of oxazole rings is 1. The highest BCUT2D eigenvalue weighted by atomic mass is 16.4. The van der Waals surface area contributed by atoms with E-state index in [1.54, 1.807) is 32.0 Å². The first-order chi connectivity index (χ1) is 9.11. The highest BCUT2D eigenvalue weighted by molar-refractivity contribution is 5.97. The molecule has 2 rings (SSSR count). The Balaban J connectivity index is 2.28. The maximum atomic E-state index is 12.3. The predicted molar refractivity (Wildman–Crippen MR) is 77.5 cm³/mol. The van der Waals surface area contributed by atoms with Crippen LogP contribution in [0.3, 0.4) is 0 Å². The average Bonchev–Trinajstić information content (AvgIpc) is 2.66. The number of nitrogens with one attached hydrogen (secondary N) is 2. The summed E-state index contributed by atoms with van der Waals surface area (Å²) in [7, 11) is 0. The number of rotatable bonds is 3. The number of aromatic amines is 1. The Bertz CT molecular complexity index is 704. The molecule has 0 bridgehead atoms. The van der Waals surface area contributed by atoms with E-state index in [1.165, 1.54) is 0 Å². The molecule has 6 heteroatoms. The van der Waals surface area contributed by atoms with Gasteiger partial charge in [0.15, 0.2) is 5.58 Å². The SMILES string of the molecule is CC(C)(N)C(C)(C)C(=O)Nc1ccc2oc(=O)[nH]c2c1. The van der Waals surface area contributed by atoms with E-state index in [2.05, 4.69) is 10.3 Å². The molecule has 108 valence electrons. The molecule has 0 spiro atoms.